The van der Waals surface area contributed by atoms with Crippen LogP contribution in [0.15, 0.2) is 24.3 Å². The van der Waals surface area contributed by atoms with Crippen molar-refractivity contribution in [3.63, 3.8) is 0 Å². The molecule has 2 aliphatic rings. The van der Waals surface area contributed by atoms with Crippen molar-refractivity contribution in [1.82, 2.24) is 0 Å². The molecule has 2 rings (SSSR count). The summed E-state index contributed by atoms with van der Waals surface area (Å²) in [6.45, 7) is 17.2. The largest absolute Gasteiger partial charge is 0.455 e. The zero-order valence-electron chi connectivity index (χ0n) is 18.1. The molecule has 0 unspecified atom stereocenters. The van der Waals surface area contributed by atoms with E-state index in [4.69, 9.17) is 18.6 Å². The topological polar surface area (TPSA) is 54.0 Å². The Morgan fingerprint density at radius 1 is 1.22 bits per heavy atom. The van der Waals surface area contributed by atoms with Gasteiger partial charge in [-0.05, 0) is 45.0 Å². The van der Waals surface area contributed by atoms with Crippen LogP contribution < -0.4 is 0 Å². The first-order valence-electron chi connectivity index (χ1n) is 9.88. The van der Waals surface area contributed by atoms with Gasteiger partial charge in [0.2, 0.25) is 0 Å². The van der Waals surface area contributed by atoms with Gasteiger partial charge in [0.25, 0.3) is 0 Å². The molecular weight excluding hydrogens is 360 g/mol. The first-order chi connectivity index (χ1) is 12.3. The van der Waals surface area contributed by atoms with Crippen molar-refractivity contribution in [2.24, 2.45) is 0 Å². The molecule has 0 amide bonds. The minimum Gasteiger partial charge on any atom is -0.455 e. The average Bonchev–Trinajstić information content (AvgIpc) is 2.50. The van der Waals surface area contributed by atoms with Crippen molar-refractivity contribution >= 4 is 14.3 Å². The summed E-state index contributed by atoms with van der Waals surface area (Å²) in [6, 6.07) is 0. The first-order valence-corrected chi connectivity index (χ1v) is 12.8. The van der Waals surface area contributed by atoms with Crippen LogP contribution in [0.25, 0.3) is 0 Å². The quantitative estimate of drug-likeness (QED) is 0.382. The zero-order chi connectivity index (χ0) is 20.5. The number of rotatable bonds is 5. The highest BCUT2D eigenvalue weighted by Gasteiger charge is 2.43. The zero-order valence-corrected chi connectivity index (χ0v) is 19.1. The van der Waals surface area contributed by atoms with E-state index in [-0.39, 0.29) is 35.4 Å². The fraction of sp³-hybridized carbons (Fsp3) is 0.762. The Labute approximate surface area is 165 Å². The first kappa shape index (κ1) is 22.3. The van der Waals surface area contributed by atoms with E-state index in [1.165, 1.54) is 6.08 Å². The summed E-state index contributed by atoms with van der Waals surface area (Å²) in [5.41, 5.74) is 0. The molecule has 0 aromatic carbocycles. The summed E-state index contributed by atoms with van der Waals surface area (Å²) in [7, 11) is -1.88. The Bertz CT molecular complexity index is 588. The van der Waals surface area contributed by atoms with E-state index >= 15 is 0 Å². The molecule has 0 aromatic heterocycles. The van der Waals surface area contributed by atoms with Gasteiger partial charge >= 0.3 is 5.97 Å². The molecule has 1 fully saturated rings. The van der Waals surface area contributed by atoms with Gasteiger partial charge in [-0.1, -0.05) is 32.9 Å². The second-order valence-corrected chi connectivity index (χ2v) is 14.3. The molecule has 0 bridgehead atoms. The molecule has 2 heterocycles. The van der Waals surface area contributed by atoms with Gasteiger partial charge in [-0.2, -0.15) is 0 Å². The smallest absolute Gasteiger partial charge is 0.331 e. The van der Waals surface area contributed by atoms with E-state index in [0.717, 1.165) is 0 Å². The van der Waals surface area contributed by atoms with Gasteiger partial charge in [-0.15, -0.1) is 0 Å². The van der Waals surface area contributed by atoms with E-state index in [0.29, 0.717) is 12.8 Å². The molecule has 27 heavy (non-hydrogen) atoms. The van der Waals surface area contributed by atoms with Gasteiger partial charge in [-0.25, -0.2) is 4.79 Å². The molecular formula is C21H36O5Si. The summed E-state index contributed by atoms with van der Waals surface area (Å²) in [4.78, 5) is 11.4. The lowest BCUT2D eigenvalue weighted by Crippen LogP contribution is -2.52. The molecule has 1 saturated heterocycles. The van der Waals surface area contributed by atoms with Crippen LogP contribution in [-0.4, -0.2) is 44.5 Å². The van der Waals surface area contributed by atoms with Gasteiger partial charge in [0.05, 0.1) is 18.3 Å². The van der Waals surface area contributed by atoms with Gasteiger partial charge in [0.15, 0.2) is 14.1 Å². The Morgan fingerprint density at radius 3 is 2.44 bits per heavy atom. The highest BCUT2D eigenvalue weighted by Crippen LogP contribution is 2.39. The number of esters is 1. The molecule has 0 N–H and O–H groups in total. The third kappa shape index (κ3) is 6.27. The normalized spacial score (nSPS) is 30.4. The number of cyclic esters (lactones) is 1. The van der Waals surface area contributed by atoms with E-state index < -0.39 is 14.1 Å². The van der Waals surface area contributed by atoms with Crippen LogP contribution in [0.1, 0.15) is 54.4 Å². The van der Waals surface area contributed by atoms with Crippen LogP contribution in [0.3, 0.4) is 0 Å². The lowest BCUT2D eigenvalue weighted by atomic mass is 10.0. The van der Waals surface area contributed by atoms with E-state index in [9.17, 15) is 4.79 Å². The van der Waals surface area contributed by atoms with Crippen LogP contribution in [-0.2, 0) is 23.4 Å². The maximum Gasteiger partial charge on any atom is 0.331 e. The molecule has 0 saturated carbocycles. The van der Waals surface area contributed by atoms with Crippen molar-refractivity contribution in [1.29, 1.82) is 0 Å². The predicted molar refractivity (Wildman–Crippen MR) is 109 cm³/mol. The van der Waals surface area contributed by atoms with Gasteiger partial charge in [0, 0.05) is 18.9 Å². The van der Waals surface area contributed by atoms with E-state index in [1.807, 2.05) is 32.1 Å². The summed E-state index contributed by atoms with van der Waals surface area (Å²) in [5, 5.41) is 0.152. The number of carbonyl (C=O) groups excluding carboxylic acids is 1. The third-order valence-electron chi connectivity index (χ3n) is 5.58. The van der Waals surface area contributed by atoms with Crippen molar-refractivity contribution in [2.75, 3.05) is 0 Å². The van der Waals surface area contributed by atoms with Crippen molar-refractivity contribution < 1.29 is 23.4 Å². The molecule has 0 radical (unpaired) electrons. The maximum absolute atomic E-state index is 11.4. The molecule has 154 valence electrons. The number of hydrogen-bond donors (Lipinski definition) is 0. The van der Waals surface area contributed by atoms with Gasteiger partial charge in [0.1, 0.15) is 6.10 Å². The monoisotopic (exact) mass is 396 g/mol. The maximum atomic E-state index is 11.4. The van der Waals surface area contributed by atoms with E-state index in [2.05, 4.69) is 40.8 Å². The summed E-state index contributed by atoms with van der Waals surface area (Å²) in [5.74, 6) is -0.982. The highest BCUT2D eigenvalue weighted by atomic mass is 28.4. The second-order valence-electron chi connectivity index (χ2n) is 9.53. The van der Waals surface area contributed by atoms with Crippen molar-refractivity contribution in [3.05, 3.63) is 24.3 Å². The molecule has 0 spiro atoms. The van der Waals surface area contributed by atoms with Crippen LogP contribution in [0, 0.1) is 0 Å². The second kappa shape index (κ2) is 8.19. The fourth-order valence-corrected chi connectivity index (χ4v) is 4.54. The standard InChI is InChI=1S/C21H36O5Si/c1-15(26-27(7,8)20(2,3)4)18-14-17(24-21(5,6)25-18)13-12-16-10-9-11-19(22)23-16/h9,11-13,15-18H,10,14H2,1-8H3/b13-12-/t15-,16+,17+,18+/m0/s1. The molecule has 5 nitrogen and oxygen atoms in total. The molecule has 6 heteroatoms. The SMILES string of the molecule is C[C@H](O[Si](C)(C)C(C)(C)C)[C@H]1C[C@@H](/C=C\[C@H]2CC=CC(=O)O2)OC(C)(C)O1. The summed E-state index contributed by atoms with van der Waals surface area (Å²) in [6.07, 6.45) is 8.24. The Kier molecular flexibility index (Phi) is 6.78. The van der Waals surface area contributed by atoms with Crippen LogP contribution in [0.4, 0.5) is 0 Å². The molecule has 4 atom stereocenters. The van der Waals surface area contributed by atoms with Crippen LogP contribution >= 0.6 is 0 Å². The Morgan fingerprint density at radius 2 is 1.85 bits per heavy atom. The highest BCUT2D eigenvalue weighted by molar-refractivity contribution is 6.74. The van der Waals surface area contributed by atoms with Crippen molar-refractivity contribution in [3.8, 4) is 0 Å². The lowest BCUT2D eigenvalue weighted by Gasteiger charge is -2.45. The average molecular weight is 397 g/mol. The number of hydrogen-bond acceptors (Lipinski definition) is 5. The molecule has 0 aromatic rings. The van der Waals surface area contributed by atoms with Crippen LogP contribution in [0.2, 0.25) is 18.1 Å². The van der Waals surface area contributed by atoms with Crippen molar-refractivity contribution in [2.45, 2.75) is 103 Å². The Balaban J connectivity index is 2.03. The minimum atomic E-state index is -1.88. The number of ether oxygens (including phenoxy) is 3. The van der Waals surface area contributed by atoms with Gasteiger partial charge < -0.3 is 18.6 Å². The fourth-order valence-electron chi connectivity index (χ4n) is 3.11. The van der Waals surface area contributed by atoms with E-state index in [1.54, 1.807) is 0 Å². The van der Waals surface area contributed by atoms with Gasteiger partial charge in [-0.3, -0.25) is 0 Å². The number of carbonyl (C=O) groups is 1. The summed E-state index contributed by atoms with van der Waals surface area (Å²) < 4.78 is 24.1. The molecule has 0 aliphatic carbocycles. The predicted octanol–water partition coefficient (Wildman–Crippen LogP) is 4.73. The Hall–Kier alpha value is -0.953. The summed E-state index contributed by atoms with van der Waals surface area (Å²) >= 11 is 0. The van der Waals surface area contributed by atoms with Crippen LogP contribution in [0.5, 0.6) is 0 Å². The lowest BCUT2D eigenvalue weighted by molar-refractivity contribution is -0.301. The minimum absolute atomic E-state index is 0.0135. The molecule has 2 aliphatic heterocycles. The third-order valence-corrected chi connectivity index (χ3v) is 10.1.